The summed E-state index contributed by atoms with van der Waals surface area (Å²) in [6.07, 6.45) is 0. The number of carboxylic acid groups (broad SMARTS) is 1. The highest BCUT2D eigenvalue weighted by Gasteiger charge is 2.11. The lowest BCUT2D eigenvalue weighted by atomic mass is 10.0. The molecule has 1 unspecified atom stereocenters. The van der Waals surface area contributed by atoms with Gasteiger partial charge in [-0.25, -0.2) is 0 Å². The van der Waals surface area contributed by atoms with E-state index in [9.17, 15) is 4.79 Å². The summed E-state index contributed by atoms with van der Waals surface area (Å²) in [5.74, 6) is -0.0391. The van der Waals surface area contributed by atoms with Crippen LogP contribution in [0.2, 0.25) is 0 Å². The number of benzene rings is 1. The van der Waals surface area contributed by atoms with Crippen molar-refractivity contribution in [3.8, 4) is 0 Å². The first kappa shape index (κ1) is 13.1. The summed E-state index contributed by atoms with van der Waals surface area (Å²) < 4.78 is 0. The normalized spacial score (nSPS) is 12.8. The molecule has 0 spiro atoms. The average molecular weight is 239 g/mol. The molecule has 0 aliphatic heterocycles. The van der Waals surface area contributed by atoms with Crippen molar-refractivity contribution in [2.24, 2.45) is 5.73 Å². The van der Waals surface area contributed by atoms with Gasteiger partial charge in [0, 0.05) is 10.6 Å². The zero-order chi connectivity index (χ0) is 12.1. The first-order valence-corrected chi connectivity index (χ1v) is 6.20. The van der Waals surface area contributed by atoms with Gasteiger partial charge >= 0.3 is 5.97 Å². The van der Waals surface area contributed by atoms with Crippen molar-refractivity contribution in [1.82, 2.24) is 0 Å². The molecule has 0 aromatic heterocycles. The third-order valence-corrected chi connectivity index (χ3v) is 3.42. The molecule has 1 aromatic rings. The van der Waals surface area contributed by atoms with Crippen molar-refractivity contribution in [2.45, 2.75) is 30.7 Å². The lowest BCUT2D eigenvalue weighted by molar-refractivity contribution is -0.137. The van der Waals surface area contributed by atoms with Crippen LogP contribution in [0.25, 0.3) is 0 Å². The van der Waals surface area contributed by atoms with E-state index in [1.807, 2.05) is 12.1 Å². The van der Waals surface area contributed by atoms with Crippen molar-refractivity contribution >= 4 is 17.7 Å². The first-order chi connectivity index (χ1) is 7.50. The van der Waals surface area contributed by atoms with E-state index >= 15 is 0 Å². The fourth-order valence-corrected chi connectivity index (χ4v) is 2.05. The van der Waals surface area contributed by atoms with Gasteiger partial charge < -0.3 is 10.8 Å². The van der Waals surface area contributed by atoms with E-state index < -0.39 is 12.0 Å². The van der Waals surface area contributed by atoms with Gasteiger partial charge in [0.25, 0.3) is 0 Å². The van der Waals surface area contributed by atoms with Crippen LogP contribution < -0.4 is 5.73 Å². The molecule has 3 N–H and O–H groups in total. The average Bonchev–Trinajstić information content (AvgIpc) is 2.26. The SMILES string of the molecule is CC(C)c1ccc(SCC(N)C(=O)O)cc1. The van der Waals surface area contributed by atoms with Crippen LogP contribution in [0.3, 0.4) is 0 Å². The van der Waals surface area contributed by atoms with Gasteiger partial charge in [0.15, 0.2) is 0 Å². The number of nitrogens with two attached hydrogens (primary N) is 1. The summed E-state index contributed by atoms with van der Waals surface area (Å²) in [4.78, 5) is 11.6. The Kier molecular flexibility index (Phi) is 4.83. The number of carboxylic acids is 1. The Bertz CT molecular complexity index is 349. The van der Waals surface area contributed by atoms with E-state index in [0.717, 1.165) is 4.90 Å². The predicted molar refractivity (Wildman–Crippen MR) is 66.9 cm³/mol. The Morgan fingerprint density at radius 1 is 1.38 bits per heavy atom. The van der Waals surface area contributed by atoms with Crippen molar-refractivity contribution in [3.63, 3.8) is 0 Å². The van der Waals surface area contributed by atoms with Gasteiger partial charge in [0.2, 0.25) is 0 Å². The second-order valence-corrected chi connectivity index (χ2v) is 5.07. The van der Waals surface area contributed by atoms with Gasteiger partial charge in [0.05, 0.1) is 0 Å². The van der Waals surface area contributed by atoms with Crippen LogP contribution in [0.5, 0.6) is 0 Å². The van der Waals surface area contributed by atoms with E-state index in [2.05, 4.69) is 26.0 Å². The molecule has 0 amide bonds. The van der Waals surface area contributed by atoms with Gasteiger partial charge in [-0.2, -0.15) is 0 Å². The standard InChI is InChI=1S/C12H17NO2S/c1-8(2)9-3-5-10(6-4-9)16-7-11(13)12(14)15/h3-6,8,11H,7,13H2,1-2H3,(H,14,15). The van der Waals surface area contributed by atoms with Gasteiger partial charge in [-0.3, -0.25) is 4.79 Å². The highest BCUT2D eigenvalue weighted by atomic mass is 32.2. The first-order valence-electron chi connectivity index (χ1n) is 5.22. The van der Waals surface area contributed by atoms with Crippen molar-refractivity contribution in [3.05, 3.63) is 29.8 Å². The second kappa shape index (κ2) is 5.92. The molecule has 0 aliphatic rings. The summed E-state index contributed by atoms with van der Waals surface area (Å²) in [5, 5.41) is 8.64. The largest absolute Gasteiger partial charge is 0.480 e. The number of rotatable bonds is 5. The smallest absolute Gasteiger partial charge is 0.321 e. The lowest BCUT2D eigenvalue weighted by Crippen LogP contribution is -2.32. The Morgan fingerprint density at radius 3 is 2.38 bits per heavy atom. The fraction of sp³-hybridized carbons (Fsp3) is 0.417. The third-order valence-electron chi connectivity index (χ3n) is 2.29. The molecule has 88 valence electrons. The van der Waals surface area contributed by atoms with Crippen LogP contribution in [0.4, 0.5) is 0 Å². The molecule has 0 bridgehead atoms. The number of hydrogen-bond donors (Lipinski definition) is 2. The zero-order valence-corrected chi connectivity index (χ0v) is 10.3. The Balaban J connectivity index is 2.52. The minimum Gasteiger partial charge on any atom is -0.480 e. The molecule has 4 heteroatoms. The summed E-state index contributed by atoms with van der Waals surface area (Å²) in [6.45, 7) is 4.28. The quantitative estimate of drug-likeness (QED) is 0.774. The number of hydrogen-bond acceptors (Lipinski definition) is 3. The molecule has 1 rings (SSSR count). The summed E-state index contributed by atoms with van der Waals surface area (Å²) >= 11 is 1.47. The summed E-state index contributed by atoms with van der Waals surface area (Å²) in [7, 11) is 0. The number of carbonyl (C=O) groups is 1. The fourth-order valence-electron chi connectivity index (χ4n) is 1.21. The van der Waals surface area contributed by atoms with Crippen LogP contribution in [0.1, 0.15) is 25.3 Å². The monoisotopic (exact) mass is 239 g/mol. The number of thioether (sulfide) groups is 1. The van der Waals surface area contributed by atoms with E-state index in [1.165, 1.54) is 17.3 Å². The molecule has 0 saturated carbocycles. The molecule has 1 aromatic carbocycles. The molecular formula is C12H17NO2S. The molecule has 0 aliphatic carbocycles. The predicted octanol–water partition coefficient (Wildman–Crippen LogP) is 2.31. The molecule has 0 heterocycles. The maximum Gasteiger partial charge on any atom is 0.321 e. The molecule has 1 atom stereocenters. The lowest BCUT2D eigenvalue weighted by Gasteiger charge is -2.08. The van der Waals surface area contributed by atoms with Gasteiger partial charge in [-0.1, -0.05) is 26.0 Å². The van der Waals surface area contributed by atoms with Crippen molar-refractivity contribution in [2.75, 3.05) is 5.75 Å². The molecule has 16 heavy (non-hydrogen) atoms. The van der Waals surface area contributed by atoms with Crippen LogP contribution in [-0.2, 0) is 4.79 Å². The van der Waals surface area contributed by atoms with Gasteiger partial charge in [0.1, 0.15) is 6.04 Å². The van der Waals surface area contributed by atoms with E-state index in [-0.39, 0.29) is 0 Å². The molecule has 0 saturated heterocycles. The highest BCUT2D eigenvalue weighted by molar-refractivity contribution is 7.99. The second-order valence-electron chi connectivity index (χ2n) is 3.98. The van der Waals surface area contributed by atoms with E-state index in [4.69, 9.17) is 10.8 Å². The minimum absolute atomic E-state index is 0.399. The molecule has 0 radical (unpaired) electrons. The highest BCUT2D eigenvalue weighted by Crippen LogP contribution is 2.22. The van der Waals surface area contributed by atoms with Crippen molar-refractivity contribution in [1.29, 1.82) is 0 Å². The maximum absolute atomic E-state index is 10.5. The Morgan fingerprint density at radius 2 is 1.94 bits per heavy atom. The van der Waals surface area contributed by atoms with Crippen LogP contribution >= 0.6 is 11.8 Å². The topological polar surface area (TPSA) is 63.3 Å². The van der Waals surface area contributed by atoms with Crippen LogP contribution in [0, 0.1) is 0 Å². The van der Waals surface area contributed by atoms with Crippen molar-refractivity contribution < 1.29 is 9.90 Å². The van der Waals surface area contributed by atoms with Gasteiger partial charge in [-0.05, 0) is 23.6 Å². The number of aliphatic carboxylic acids is 1. The summed E-state index contributed by atoms with van der Waals surface area (Å²) in [5.41, 5.74) is 6.71. The van der Waals surface area contributed by atoms with Crippen LogP contribution in [0.15, 0.2) is 29.2 Å². The van der Waals surface area contributed by atoms with Crippen LogP contribution in [-0.4, -0.2) is 22.9 Å². The van der Waals surface area contributed by atoms with E-state index in [0.29, 0.717) is 11.7 Å². The maximum atomic E-state index is 10.5. The molecular weight excluding hydrogens is 222 g/mol. The minimum atomic E-state index is -0.952. The molecule has 0 fully saturated rings. The van der Waals surface area contributed by atoms with Gasteiger partial charge in [-0.15, -0.1) is 11.8 Å². The summed E-state index contributed by atoms with van der Waals surface area (Å²) in [6, 6.07) is 7.36. The Hall–Kier alpha value is -1.00. The molecule has 3 nitrogen and oxygen atoms in total. The van der Waals surface area contributed by atoms with E-state index in [1.54, 1.807) is 0 Å². The third kappa shape index (κ3) is 3.87. The zero-order valence-electron chi connectivity index (χ0n) is 9.51. The Labute approximate surface area is 100 Å².